The fraction of sp³-hybridized carbons (Fsp3) is 0.688. The van der Waals surface area contributed by atoms with E-state index in [1.54, 1.807) is 0 Å². The number of aromatic nitrogens is 1. The molecular formula is C16H25N3. The Kier molecular flexibility index (Phi) is 3.48. The van der Waals surface area contributed by atoms with Crippen molar-refractivity contribution in [2.45, 2.75) is 58.5 Å². The number of aryl methyl sites for hydroxylation is 1. The average Bonchev–Trinajstić information content (AvgIpc) is 2.83. The minimum Gasteiger partial charge on any atom is -0.398 e. The maximum Gasteiger partial charge on any atom is 0.0593 e. The van der Waals surface area contributed by atoms with Gasteiger partial charge in [0.25, 0.3) is 0 Å². The van der Waals surface area contributed by atoms with Crippen LogP contribution in [-0.4, -0.2) is 22.5 Å². The molecule has 3 rings (SSSR count). The highest BCUT2D eigenvalue weighted by molar-refractivity contribution is 5.53. The van der Waals surface area contributed by atoms with E-state index in [0.717, 1.165) is 29.8 Å². The number of nitrogens with zero attached hydrogens (tertiary/aromatic N) is 2. The van der Waals surface area contributed by atoms with Gasteiger partial charge >= 0.3 is 0 Å². The Labute approximate surface area is 116 Å². The number of hydrogen-bond donors (Lipinski definition) is 1. The van der Waals surface area contributed by atoms with Crippen molar-refractivity contribution in [3.05, 3.63) is 23.0 Å². The molecule has 3 nitrogen and oxygen atoms in total. The molecule has 2 fully saturated rings. The van der Waals surface area contributed by atoms with Gasteiger partial charge in [-0.2, -0.15) is 0 Å². The Morgan fingerprint density at radius 1 is 1.26 bits per heavy atom. The number of nitrogen functional groups attached to an aromatic ring is 1. The number of anilines is 1. The second-order valence-corrected chi connectivity index (χ2v) is 6.30. The molecule has 1 saturated heterocycles. The number of fused-ring (bicyclic) bond motifs is 1. The highest BCUT2D eigenvalue weighted by Gasteiger charge is 2.35. The van der Waals surface area contributed by atoms with Crippen molar-refractivity contribution < 1.29 is 0 Å². The zero-order valence-corrected chi connectivity index (χ0v) is 12.2. The van der Waals surface area contributed by atoms with Crippen LogP contribution in [0.25, 0.3) is 0 Å². The molecule has 1 aliphatic heterocycles. The maximum absolute atomic E-state index is 6.13. The summed E-state index contributed by atoms with van der Waals surface area (Å²) in [6.07, 6.45) is 8.95. The maximum atomic E-state index is 6.13. The van der Waals surface area contributed by atoms with Gasteiger partial charge in [-0.1, -0.05) is 12.8 Å². The van der Waals surface area contributed by atoms with Gasteiger partial charge in [0.15, 0.2) is 0 Å². The first-order valence-corrected chi connectivity index (χ1v) is 7.61. The van der Waals surface area contributed by atoms with Gasteiger partial charge in [-0.3, -0.25) is 9.88 Å². The fourth-order valence-electron chi connectivity index (χ4n) is 3.84. The normalized spacial score (nSPS) is 27.5. The summed E-state index contributed by atoms with van der Waals surface area (Å²) in [6, 6.07) is 0.803. The van der Waals surface area contributed by atoms with Crippen LogP contribution in [0.15, 0.2) is 6.20 Å². The highest BCUT2D eigenvalue weighted by atomic mass is 15.2. The molecule has 1 saturated carbocycles. The van der Waals surface area contributed by atoms with E-state index in [1.165, 1.54) is 49.9 Å². The summed E-state index contributed by atoms with van der Waals surface area (Å²) in [5.74, 6) is 0.942. The average molecular weight is 259 g/mol. The lowest BCUT2D eigenvalue weighted by Gasteiger charge is -2.31. The van der Waals surface area contributed by atoms with Crippen LogP contribution >= 0.6 is 0 Å². The topological polar surface area (TPSA) is 42.2 Å². The molecule has 0 bridgehead atoms. The van der Waals surface area contributed by atoms with Crippen LogP contribution < -0.4 is 5.73 Å². The van der Waals surface area contributed by atoms with Crippen molar-refractivity contribution in [3.8, 4) is 0 Å². The minimum absolute atomic E-state index is 0.803. The summed E-state index contributed by atoms with van der Waals surface area (Å²) in [5, 5.41) is 0. The van der Waals surface area contributed by atoms with Crippen LogP contribution in [0, 0.1) is 19.8 Å². The molecule has 0 amide bonds. The number of likely N-dealkylation sites (tertiary alicyclic amines) is 1. The predicted octanol–water partition coefficient (Wildman–Crippen LogP) is 3.05. The summed E-state index contributed by atoms with van der Waals surface area (Å²) >= 11 is 0. The van der Waals surface area contributed by atoms with Crippen molar-refractivity contribution in [1.82, 2.24) is 9.88 Å². The fourth-order valence-corrected chi connectivity index (χ4v) is 3.84. The molecule has 2 aliphatic rings. The van der Waals surface area contributed by atoms with E-state index < -0.39 is 0 Å². The Morgan fingerprint density at radius 2 is 2.05 bits per heavy atom. The van der Waals surface area contributed by atoms with Gasteiger partial charge in [0, 0.05) is 24.5 Å². The van der Waals surface area contributed by atoms with E-state index in [-0.39, 0.29) is 0 Å². The number of nitrogens with two attached hydrogens (primary N) is 1. The smallest absolute Gasteiger partial charge is 0.0593 e. The van der Waals surface area contributed by atoms with Crippen LogP contribution in [0.1, 0.15) is 48.9 Å². The first-order valence-electron chi connectivity index (χ1n) is 7.61. The van der Waals surface area contributed by atoms with Gasteiger partial charge in [0.1, 0.15) is 0 Å². The number of hydrogen-bond acceptors (Lipinski definition) is 3. The first-order chi connectivity index (χ1) is 9.16. The summed E-state index contributed by atoms with van der Waals surface area (Å²) in [5.41, 5.74) is 10.5. The van der Waals surface area contributed by atoms with Gasteiger partial charge in [-0.25, -0.2) is 0 Å². The van der Waals surface area contributed by atoms with E-state index >= 15 is 0 Å². The van der Waals surface area contributed by atoms with E-state index in [1.807, 2.05) is 13.1 Å². The quantitative estimate of drug-likeness (QED) is 0.887. The van der Waals surface area contributed by atoms with E-state index in [9.17, 15) is 0 Å². The Morgan fingerprint density at radius 3 is 2.89 bits per heavy atom. The van der Waals surface area contributed by atoms with Gasteiger partial charge in [-0.05, 0) is 56.7 Å². The largest absolute Gasteiger partial charge is 0.398 e. The second-order valence-electron chi connectivity index (χ2n) is 6.30. The number of pyridine rings is 1. The van der Waals surface area contributed by atoms with Crippen LogP contribution in [0.4, 0.5) is 5.69 Å². The molecule has 0 spiro atoms. The van der Waals surface area contributed by atoms with Crippen molar-refractivity contribution in [2.75, 3.05) is 12.3 Å². The molecule has 1 aromatic rings. The third kappa shape index (κ3) is 2.36. The Balaban J connectivity index is 1.77. The van der Waals surface area contributed by atoms with Crippen molar-refractivity contribution in [2.24, 2.45) is 5.92 Å². The van der Waals surface area contributed by atoms with Gasteiger partial charge < -0.3 is 5.73 Å². The molecule has 1 aromatic heterocycles. The molecule has 0 radical (unpaired) electrons. The summed E-state index contributed by atoms with van der Waals surface area (Å²) in [6.45, 7) is 6.37. The summed E-state index contributed by atoms with van der Waals surface area (Å²) < 4.78 is 0. The zero-order chi connectivity index (χ0) is 13.4. The highest BCUT2D eigenvalue weighted by Crippen LogP contribution is 2.37. The third-order valence-corrected chi connectivity index (χ3v) is 5.15. The van der Waals surface area contributed by atoms with Crippen LogP contribution in [-0.2, 0) is 6.54 Å². The van der Waals surface area contributed by atoms with E-state index in [0.29, 0.717) is 0 Å². The van der Waals surface area contributed by atoms with Crippen molar-refractivity contribution in [1.29, 1.82) is 0 Å². The Hall–Kier alpha value is -1.09. The van der Waals surface area contributed by atoms with Crippen LogP contribution in [0.3, 0.4) is 0 Å². The molecule has 1 aliphatic carbocycles. The van der Waals surface area contributed by atoms with E-state index in [2.05, 4.69) is 16.8 Å². The third-order valence-electron chi connectivity index (χ3n) is 5.15. The molecule has 3 heteroatoms. The van der Waals surface area contributed by atoms with Gasteiger partial charge in [0.2, 0.25) is 0 Å². The summed E-state index contributed by atoms with van der Waals surface area (Å²) in [4.78, 5) is 7.26. The standard InChI is InChI=1S/C16H25N3/c1-11-9-18-14(12(2)16(11)17)10-19-8-7-13-5-3-4-6-15(13)19/h9,13,15H,3-8,10H2,1-2H3,(H2,17,18). The SMILES string of the molecule is Cc1cnc(CN2CCC3CCCCC32)c(C)c1N. The number of rotatable bonds is 2. The predicted molar refractivity (Wildman–Crippen MR) is 78.9 cm³/mol. The molecule has 104 valence electrons. The van der Waals surface area contributed by atoms with Crippen LogP contribution in [0.2, 0.25) is 0 Å². The van der Waals surface area contributed by atoms with E-state index in [4.69, 9.17) is 5.73 Å². The van der Waals surface area contributed by atoms with Crippen LogP contribution in [0.5, 0.6) is 0 Å². The molecule has 2 atom stereocenters. The van der Waals surface area contributed by atoms with Gasteiger partial charge in [0.05, 0.1) is 5.69 Å². The molecule has 0 aromatic carbocycles. The second kappa shape index (κ2) is 5.12. The molecule has 2 unspecified atom stereocenters. The molecule has 19 heavy (non-hydrogen) atoms. The Bertz CT molecular complexity index is 469. The zero-order valence-electron chi connectivity index (χ0n) is 12.2. The van der Waals surface area contributed by atoms with Crippen molar-refractivity contribution >= 4 is 5.69 Å². The molecule has 2 heterocycles. The monoisotopic (exact) mass is 259 g/mol. The lowest BCUT2D eigenvalue weighted by molar-refractivity contribution is 0.174. The molecular weight excluding hydrogens is 234 g/mol. The first kappa shape index (κ1) is 12.9. The lowest BCUT2D eigenvalue weighted by atomic mass is 9.85. The lowest BCUT2D eigenvalue weighted by Crippen LogP contribution is -2.34. The van der Waals surface area contributed by atoms with Crippen molar-refractivity contribution in [3.63, 3.8) is 0 Å². The summed E-state index contributed by atoms with van der Waals surface area (Å²) in [7, 11) is 0. The van der Waals surface area contributed by atoms with Gasteiger partial charge in [-0.15, -0.1) is 0 Å². The minimum atomic E-state index is 0.803. The molecule has 2 N–H and O–H groups in total.